The Labute approximate surface area is 123 Å². The summed E-state index contributed by atoms with van der Waals surface area (Å²) < 4.78 is 0. The summed E-state index contributed by atoms with van der Waals surface area (Å²) >= 11 is 0. The summed E-state index contributed by atoms with van der Waals surface area (Å²) in [5.74, 6) is 0.518. The minimum Gasteiger partial charge on any atom is -0.388 e. The average Bonchev–Trinajstić information content (AvgIpc) is 2.54. The number of para-hydroxylation sites is 1. The lowest BCUT2D eigenvalue weighted by atomic mass is 9.92. The van der Waals surface area contributed by atoms with Crippen molar-refractivity contribution in [1.29, 1.82) is 5.26 Å². The first-order valence-electron chi connectivity index (χ1n) is 7.01. The third-order valence-electron chi connectivity index (χ3n) is 3.90. The second-order valence-electron chi connectivity index (χ2n) is 5.42. The summed E-state index contributed by atoms with van der Waals surface area (Å²) in [6.45, 7) is 1.57. The molecule has 1 aliphatic rings. The number of nitrogens with zero attached hydrogens (tertiary/aromatic N) is 4. The fourth-order valence-corrected chi connectivity index (χ4v) is 2.50. The molecule has 0 amide bonds. The van der Waals surface area contributed by atoms with Crippen LogP contribution in [0.2, 0.25) is 0 Å². The molecule has 1 fully saturated rings. The zero-order valence-corrected chi connectivity index (χ0v) is 11.7. The first kappa shape index (κ1) is 13.6. The molecule has 1 aliphatic heterocycles. The molecule has 1 aromatic heterocycles. The number of nitrogens with one attached hydrogen (secondary N) is 1. The first-order chi connectivity index (χ1) is 10.2. The molecule has 2 aromatic rings. The Morgan fingerprint density at radius 2 is 2.10 bits per heavy atom. The number of hydrogen-bond acceptors (Lipinski definition) is 6. The van der Waals surface area contributed by atoms with E-state index in [2.05, 4.69) is 21.5 Å². The van der Waals surface area contributed by atoms with Crippen molar-refractivity contribution in [2.75, 3.05) is 25.0 Å². The quantitative estimate of drug-likeness (QED) is 0.827. The van der Waals surface area contributed by atoms with E-state index in [0.717, 1.165) is 10.9 Å². The molecule has 108 valence electrons. The molecular weight excluding hydrogens is 266 g/mol. The fourth-order valence-electron chi connectivity index (χ4n) is 2.50. The highest BCUT2D eigenvalue weighted by Gasteiger charge is 2.32. The average molecular weight is 283 g/mol. The minimum atomic E-state index is -0.803. The van der Waals surface area contributed by atoms with Crippen LogP contribution in [-0.4, -0.2) is 45.2 Å². The Morgan fingerprint density at radius 1 is 1.33 bits per heavy atom. The highest BCUT2D eigenvalue weighted by atomic mass is 16.3. The van der Waals surface area contributed by atoms with Gasteiger partial charge in [0.05, 0.1) is 11.1 Å². The highest BCUT2D eigenvalue weighted by molar-refractivity contribution is 5.78. The van der Waals surface area contributed by atoms with E-state index in [1.54, 1.807) is 11.1 Å². The topological polar surface area (TPSA) is 85.1 Å². The van der Waals surface area contributed by atoms with Crippen molar-refractivity contribution in [2.45, 2.75) is 18.4 Å². The third-order valence-corrected chi connectivity index (χ3v) is 3.90. The SMILES string of the molecule is N#CN1CCC(O)(CNc2ncc3ccccc3n2)CC1. The second-order valence-corrected chi connectivity index (χ2v) is 5.42. The van der Waals surface area contributed by atoms with E-state index in [0.29, 0.717) is 38.4 Å². The molecule has 0 bridgehead atoms. The van der Waals surface area contributed by atoms with Gasteiger partial charge in [0.2, 0.25) is 5.95 Å². The number of nitriles is 1. The van der Waals surface area contributed by atoms with Crippen molar-refractivity contribution < 1.29 is 5.11 Å². The van der Waals surface area contributed by atoms with Gasteiger partial charge in [-0.2, -0.15) is 5.26 Å². The van der Waals surface area contributed by atoms with Gasteiger partial charge >= 0.3 is 0 Å². The minimum absolute atomic E-state index is 0.393. The van der Waals surface area contributed by atoms with Crippen molar-refractivity contribution in [3.05, 3.63) is 30.5 Å². The molecule has 0 spiro atoms. The molecule has 0 atom stereocenters. The van der Waals surface area contributed by atoms with Gasteiger partial charge in [-0.15, -0.1) is 0 Å². The molecule has 6 nitrogen and oxygen atoms in total. The second kappa shape index (κ2) is 5.54. The third kappa shape index (κ3) is 3.03. The standard InChI is InChI=1S/C15H17N5O/c16-11-20-7-5-15(21,6-8-20)10-18-14-17-9-12-3-1-2-4-13(12)19-14/h1-4,9,21H,5-8,10H2,(H,17,18,19). The van der Waals surface area contributed by atoms with Crippen LogP contribution in [0.25, 0.3) is 10.9 Å². The van der Waals surface area contributed by atoms with Gasteiger partial charge in [-0.05, 0) is 18.9 Å². The number of likely N-dealkylation sites (tertiary alicyclic amines) is 1. The number of anilines is 1. The van der Waals surface area contributed by atoms with Crippen molar-refractivity contribution in [1.82, 2.24) is 14.9 Å². The van der Waals surface area contributed by atoms with Crippen molar-refractivity contribution in [2.24, 2.45) is 0 Å². The number of aliphatic hydroxyl groups is 1. The number of hydrogen-bond donors (Lipinski definition) is 2. The Hall–Kier alpha value is -2.39. The predicted molar refractivity (Wildman–Crippen MR) is 79.4 cm³/mol. The maximum absolute atomic E-state index is 10.5. The first-order valence-corrected chi connectivity index (χ1v) is 7.01. The van der Waals surface area contributed by atoms with Gasteiger partial charge in [0, 0.05) is 31.2 Å². The van der Waals surface area contributed by atoms with Crippen LogP contribution in [0.1, 0.15) is 12.8 Å². The van der Waals surface area contributed by atoms with Crippen molar-refractivity contribution in [3.63, 3.8) is 0 Å². The molecule has 0 unspecified atom stereocenters. The van der Waals surface area contributed by atoms with Gasteiger partial charge < -0.3 is 15.3 Å². The van der Waals surface area contributed by atoms with Crippen LogP contribution in [0.4, 0.5) is 5.95 Å². The van der Waals surface area contributed by atoms with E-state index in [1.807, 2.05) is 24.3 Å². The molecule has 21 heavy (non-hydrogen) atoms. The molecule has 0 aliphatic carbocycles. The molecule has 2 heterocycles. The van der Waals surface area contributed by atoms with E-state index in [9.17, 15) is 5.11 Å². The Morgan fingerprint density at radius 3 is 2.86 bits per heavy atom. The molecule has 6 heteroatoms. The molecule has 1 aromatic carbocycles. The van der Waals surface area contributed by atoms with Crippen LogP contribution < -0.4 is 5.32 Å². The van der Waals surface area contributed by atoms with E-state index in [1.165, 1.54) is 0 Å². The largest absolute Gasteiger partial charge is 0.388 e. The van der Waals surface area contributed by atoms with Crippen LogP contribution in [-0.2, 0) is 0 Å². The van der Waals surface area contributed by atoms with E-state index in [-0.39, 0.29) is 0 Å². The van der Waals surface area contributed by atoms with E-state index < -0.39 is 5.60 Å². The summed E-state index contributed by atoms with van der Waals surface area (Å²) in [7, 11) is 0. The predicted octanol–water partition coefficient (Wildman–Crippen LogP) is 1.35. The van der Waals surface area contributed by atoms with Gasteiger partial charge in [-0.1, -0.05) is 18.2 Å². The van der Waals surface area contributed by atoms with Crippen LogP contribution in [0.3, 0.4) is 0 Å². The molecule has 0 radical (unpaired) electrons. The summed E-state index contributed by atoms with van der Waals surface area (Å²) in [5.41, 5.74) is 0.0730. The molecule has 1 saturated heterocycles. The maximum atomic E-state index is 10.5. The number of piperidine rings is 1. The zero-order chi connectivity index (χ0) is 14.7. The molecule has 3 rings (SSSR count). The van der Waals surface area contributed by atoms with Gasteiger partial charge in [0.15, 0.2) is 6.19 Å². The number of aromatic nitrogens is 2. The van der Waals surface area contributed by atoms with E-state index in [4.69, 9.17) is 5.26 Å². The summed E-state index contributed by atoms with van der Waals surface area (Å²) in [6.07, 6.45) is 5.02. The van der Waals surface area contributed by atoms with Crippen LogP contribution in [0, 0.1) is 11.5 Å². The lowest BCUT2D eigenvalue weighted by Gasteiger charge is -2.35. The Bertz CT molecular complexity index is 673. The van der Waals surface area contributed by atoms with Crippen LogP contribution in [0.15, 0.2) is 30.5 Å². The zero-order valence-electron chi connectivity index (χ0n) is 11.7. The number of fused-ring (bicyclic) bond motifs is 1. The van der Waals surface area contributed by atoms with Crippen molar-refractivity contribution >= 4 is 16.9 Å². The lowest BCUT2D eigenvalue weighted by molar-refractivity contribution is 0.00196. The summed E-state index contributed by atoms with van der Waals surface area (Å²) in [4.78, 5) is 10.4. The van der Waals surface area contributed by atoms with Crippen LogP contribution in [0.5, 0.6) is 0 Å². The maximum Gasteiger partial charge on any atom is 0.223 e. The summed E-state index contributed by atoms with van der Waals surface area (Å²) in [5, 5.41) is 23.4. The number of benzene rings is 1. The lowest BCUT2D eigenvalue weighted by Crippen LogP contribution is -2.47. The normalized spacial score (nSPS) is 17.4. The summed E-state index contributed by atoms with van der Waals surface area (Å²) in [6, 6.07) is 7.78. The fraction of sp³-hybridized carbons (Fsp3) is 0.400. The number of rotatable bonds is 3. The van der Waals surface area contributed by atoms with Gasteiger partial charge in [0.1, 0.15) is 0 Å². The Kier molecular flexibility index (Phi) is 3.59. The van der Waals surface area contributed by atoms with Crippen LogP contribution >= 0.6 is 0 Å². The van der Waals surface area contributed by atoms with Gasteiger partial charge in [-0.3, -0.25) is 0 Å². The highest BCUT2D eigenvalue weighted by Crippen LogP contribution is 2.22. The molecule has 0 saturated carbocycles. The monoisotopic (exact) mass is 283 g/mol. The van der Waals surface area contributed by atoms with Gasteiger partial charge in [-0.25, -0.2) is 9.97 Å². The van der Waals surface area contributed by atoms with E-state index >= 15 is 0 Å². The van der Waals surface area contributed by atoms with Gasteiger partial charge in [0.25, 0.3) is 0 Å². The molecular formula is C15H17N5O. The molecule has 2 N–H and O–H groups in total. The van der Waals surface area contributed by atoms with Crippen molar-refractivity contribution in [3.8, 4) is 6.19 Å². The smallest absolute Gasteiger partial charge is 0.223 e. The Balaban J connectivity index is 1.65.